The zero-order valence-corrected chi connectivity index (χ0v) is 11.1. The Morgan fingerprint density at radius 2 is 2.28 bits per heavy atom. The van der Waals surface area contributed by atoms with E-state index in [2.05, 4.69) is 12.2 Å². The van der Waals surface area contributed by atoms with Crippen LogP contribution in [0, 0.1) is 17.0 Å². The van der Waals surface area contributed by atoms with E-state index in [1.807, 2.05) is 6.92 Å². The third kappa shape index (κ3) is 2.57. The van der Waals surface area contributed by atoms with E-state index in [0.29, 0.717) is 6.61 Å². The topological polar surface area (TPSA) is 64.4 Å². The van der Waals surface area contributed by atoms with E-state index in [1.54, 1.807) is 6.07 Å². The second-order valence-electron chi connectivity index (χ2n) is 4.86. The molecule has 1 unspecified atom stereocenters. The number of rotatable bonds is 3. The van der Waals surface area contributed by atoms with Gasteiger partial charge in [0, 0.05) is 18.4 Å². The van der Waals surface area contributed by atoms with E-state index in [1.165, 1.54) is 6.07 Å². The average Bonchev–Trinajstić information content (AvgIpc) is 2.69. The second-order valence-corrected chi connectivity index (χ2v) is 5.27. The van der Waals surface area contributed by atoms with Gasteiger partial charge < -0.3 is 10.1 Å². The standard InChI is InChI=1S/C12H15ClN2O3/c1-8-5-11(15(16)17)9(13)6-10(8)14-12(2)3-4-18-7-12/h5-6,14H,3-4,7H2,1-2H3. The predicted octanol–water partition coefficient (Wildman–Crippen LogP) is 3.15. The van der Waals surface area contributed by atoms with Crippen LogP contribution >= 0.6 is 11.6 Å². The van der Waals surface area contributed by atoms with Gasteiger partial charge in [-0.1, -0.05) is 11.6 Å². The lowest BCUT2D eigenvalue weighted by Gasteiger charge is -2.26. The van der Waals surface area contributed by atoms with Gasteiger partial charge in [-0.05, 0) is 31.9 Å². The Kier molecular flexibility index (Phi) is 3.45. The molecule has 0 aliphatic carbocycles. The molecule has 18 heavy (non-hydrogen) atoms. The highest BCUT2D eigenvalue weighted by atomic mass is 35.5. The molecule has 0 bridgehead atoms. The number of hydrogen-bond acceptors (Lipinski definition) is 4. The van der Waals surface area contributed by atoms with E-state index in [4.69, 9.17) is 16.3 Å². The summed E-state index contributed by atoms with van der Waals surface area (Å²) in [5.74, 6) is 0. The molecule has 0 radical (unpaired) electrons. The number of halogens is 1. The summed E-state index contributed by atoms with van der Waals surface area (Å²) in [7, 11) is 0. The lowest BCUT2D eigenvalue weighted by molar-refractivity contribution is -0.384. The first kappa shape index (κ1) is 13.1. The molecular formula is C12H15ClN2O3. The van der Waals surface area contributed by atoms with E-state index in [0.717, 1.165) is 24.3 Å². The summed E-state index contributed by atoms with van der Waals surface area (Å²) in [6.07, 6.45) is 0.904. The van der Waals surface area contributed by atoms with E-state index < -0.39 is 4.92 Å². The zero-order chi connectivity index (χ0) is 13.3. The van der Waals surface area contributed by atoms with Crippen LogP contribution in [0.2, 0.25) is 5.02 Å². The van der Waals surface area contributed by atoms with Crippen molar-refractivity contribution in [2.75, 3.05) is 18.5 Å². The number of nitro benzene ring substituents is 1. The van der Waals surface area contributed by atoms with Crippen LogP contribution in [0.15, 0.2) is 12.1 Å². The molecule has 1 aromatic carbocycles. The van der Waals surface area contributed by atoms with Crippen molar-refractivity contribution >= 4 is 23.0 Å². The van der Waals surface area contributed by atoms with E-state index >= 15 is 0 Å². The van der Waals surface area contributed by atoms with Gasteiger partial charge in [0.15, 0.2) is 0 Å². The molecule has 1 N–H and O–H groups in total. The summed E-state index contributed by atoms with van der Waals surface area (Å²) in [5, 5.41) is 14.3. The minimum atomic E-state index is -0.473. The molecule has 98 valence electrons. The molecule has 0 saturated carbocycles. The minimum absolute atomic E-state index is 0.0625. The maximum absolute atomic E-state index is 10.8. The largest absolute Gasteiger partial charge is 0.379 e. The van der Waals surface area contributed by atoms with Crippen molar-refractivity contribution in [2.24, 2.45) is 0 Å². The van der Waals surface area contributed by atoms with Crippen LogP contribution in [0.4, 0.5) is 11.4 Å². The normalized spacial score (nSPS) is 23.1. The molecule has 1 aliphatic heterocycles. The van der Waals surface area contributed by atoms with Gasteiger partial charge in [-0.2, -0.15) is 0 Å². The highest BCUT2D eigenvalue weighted by molar-refractivity contribution is 6.33. The Hall–Kier alpha value is -1.33. The summed E-state index contributed by atoms with van der Waals surface area (Å²) < 4.78 is 5.36. The molecule has 2 rings (SSSR count). The van der Waals surface area contributed by atoms with Crippen molar-refractivity contribution in [3.8, 4) is 0 Å². The van der Waals surface area contributed by atoms with Gasteiger partial charge in [0.2, 0.25) is 0 Å². The number of benzene rings is 1. The van der Waals surface area contributed by atoms with Crippen molar-refractivity contribution in [3.63, 3.8) is 0 Å². The summed E-state index contributed by atoms with van der Waals surface area (Å²) in [6, 6.07) is 3.10. The summed E-state index contributed by atoms with van der Waals surface area (Å²) >= 11 is 5.91. The van der Waals surface area contributed by atoms with Gasteiger partial charge in [-0.15, -0.1) is 0 Å². The first-order chi connectivity index (χ1) is 8.41. The van der Waals surface area contributed by atoms with Crippen LogP contribution in [-0.2, 0) is 4.74 Å². The zero-order valence-electron chi connectivity index (χ0n) is 10.3. The lowest BCUT2D eigenvalue weighted by Crippen LogP contribution is -2.35. The highest BCUT2D eigenvalue weighted by Gasteiger charge is 2.30. The van der Waals surface area contributed by atoms with Crippen molar-refractivity contribution in [3.05, 3.63) is 32.8 Å². The second kappa shape index (κ2) is 4.74. The number of nitrogens with one attached hydrogen (secondary N) is 1. The molecule has 1 heterocycles. The SMILES string of the molecule is Cc1cc([N+](=O)[O-])c(Cl)cc1NC1(C)CCOC1. The molecule has 5 nitrogen and oxygen atoms in total. The predicted molar refractivity (Wildman–Crippen MR) is 70.3 cm³/mol. The molecule has 0 aromatic heterocycles. The van der Waals surface area contributed by atoms with Crippen LogP contribution in [0.5, 0.6) is 0 Å². The van der Waals surface area contributed by atoms with Gasteiger partial charge in [0.05, 0.1) is 17.1 Å². The molecule has 1 aromatic rings. The summed E-state index contributed by atoms with van der Waals surface area (Å²) in [5.41, 5.74) is 1.43. The van der Waals surface area contributed by atoms with Crippen LogP contribution in [0.1, 0.15) is 18.9 Å². The van der Waals surface area contributed by atoms with Crippen LogP contribution in [-0.4, -0.2) is 23.7 Å². The summed E-state index contributed by atoms with van der Waals surface area (Å²) in [4.78, 5) is 10.3. The average molecular weight is 271 g/mol. The first-order valence-electron chi connectivity index (χ1n) is 5.72. The monoisotopic (exact) mass is 270 g/mol. The van der Waals surface area contributed by atoms with Crippen LogP contribution in [0.3, 0.4) is 0 Å². The molecular weight excluding hydrogens is 256 g/mol. The Labute approximate surface area is 110 Å². The van der Waals surface area contributed by atoms with E-state index in [-0.39, 0.29) is 16.2 Å². The van der Waals surface area contributed by atoms with Gasteiger partial charge in [-0.3, -0.25) is 10.1 Å². The van der Waals surface area contributed by atoms with Crippen LogP contribution < -0.4 is 5.32 Å². The maximum atomic E-state index is 10.8. The number of aryl methyl sites for hydroxylation is 1. The summed E-state index contributed by atoms with van der Waals surface area (Å²) in [6.45, 7) is 5.24. The number of anilines is 1. The first-order valence-corrected chi connectivity index (χ1v) is 6.09. The van der Waals surface area contributed by atoms with Gasteiger partial charge in [0.1, 0.15) is 5.02 Å². The number of nitrogens with zero attached hydrogens (tertiary/aromatic N) is 1. The van der Waals surface area contributed by atoms with Gasteiger partial charge in [-0.25, -0.2) is 0 Å². The van der Waals surface area contributed by atoms with Crippen molar-refractivity contribution in [1.82, 2.24) is 0 Å². The fourth-order valence-corrected chi connectivity index (χ4v) is 2.26. The van der Waals surface area contributed by atoms with E-state index in [9.17, 15) is 10.1 Å². The quantitative estimate of drug-likeness (QED) is 0.677. The lowest BCUT2D eigenvalue weighted by atomic mass is 10.0. The number of ether oxygens (including phenoxy) is 1. The molecule has 1 atom stereocenters. The third-order valence-corrected chi connectivity index (χ3v) is 3.45. The van der Waals surface area contributed by atoms with Crippen LogP contribution in [0.25, 0.3) is 0 Å². The third-order valence-electron chi connectivity index (χ3n) is 3.15. The Balaban J connectivity index is 2.29. The fraction of sp³-hybridized carbons (Fsp3) is 0.500. The molecule has 0 spiro atoms. The van der Waals surface area contributed by atoms with Gasteiger partial charge in [0.25, 0.3) is 5.69 Å². The van der Waals surface area contributed by atoms with Crippen molar-refractivity contribution in [1.29, 1.82) is 0 Å². The maximum Gasteiger partial charge on any atom is 0.288 e. The fourth-order valence-electron chi connectivity index (χ4n) is 2.03. The Bertz CT molecular complexity index is 484. The molecule has 6 heteroatoms. The smallest absolute Gasteiger partial charge is 0.288 e. The Morgan fingerprint density at radius 1 is 1.56 bits per heavy atom. The van der Waals surface area contributed by atoms with Crippen molar-refractivity contribution in [2.45, 2.75) is 25.8 Å². The molecule has 0 amide bonds. The minimum Gasteiger partial charge on any atom is -0.379 e. The highest BCUT2D eigenvalue weighted by Crippen LogP contribution is 2.33. The molecule has 1 aliphatic rings. The Morgan fingerprint density at radius 3 is 2.83 bits per heavy atom. The van der Waals surface area contributed by atoms with Crippen molar-refractivity contribution < 1.29 is 9.66 Å². The number of nitro groups is 1. The van der Waals surface area contributed by atoms with Gasteiger partial charge >= 0.3 is 0 Å². The number of hydrogen-bond donors (Lipinski definition) is 1. The molecule has 1 saturated heterocycles. The molecule has 1 fully saturated rings.